The normalized spacial score (nSPS) is 16.8. The van der Waals surface area contributed by atoms with Crippen molar-refractivity contribution in [1.82, 2.24) is 4.57 Å². The Balaban J connectivity index is 2.54. The van der Waals surface area contributed by atoms with E-state index in [-0.39, 0.29) is 5.56 Å². The van der Waals surface area contributed by atoms with Crippen LogP contribution in [-0.2, 0) is 7.05 Å². The Labute approximate surface area is 65.5 Å². The first kappa shape index (κ1) is 6.65. The van der Waals surface area contributed by atoms with Crippen molar-refractivity contribution in [3.63, 3.8) is 0 Å². The highest BCUT2D eigenvalue weighted by Gasteiger charge is 2.25. The second kappa shape index (κ2) is 2.22. The third-order valence-electron chi connectivity index (χ3n) is 2.22. The molecule has 0 aliphatic heterocycles. The molecular weight excluding hydrogens is 138 g/mol. The van der Waals surface area contributed by atoms with Gasteiger partial charge in [0, 0.05) is 18.8 Å². The van der Waals surface area contributed by atoms with E-state index in [9.17, 15) is 4.79 Å². The smallest absolute Gasteiger partial charge is 0.250 e. The molecule has 1 saturated carbocycles. The third-order valence-corrected chi connectivity index (χ3v) is 2.22. The zero-order valence-corrected chi connectivity index (χ0v) is 6.58. The van der Waals surface area contributed by atoms with Crippen molar-refractivity contribution in [2.45, 2.75) is 18.8 Å². The summed E-state index contributed by atoms with van der Waals surface area (Å²) in [5.74, 6) is 0.661. The molecule has 0 saturated heterocycles. The van der Waals surface area contributed by atoms with Crippen LogP contribution in [0, 0.1) is 0 Å². The first-order valence-corrected chi connectivity index (χ1v) is 3.95. The van der Waals surface area contributed by atoms with Crippen molar-refractivity contribution in [1.29, 1.82) is 0 Å². The van der Waals surface area contributed by atoms with Gasteiger partial charge in [0.15, 0.2) is 0 Å². The van der Waals surface area contributed by atoms with Gasteiger partial charge in [-0.25, -0.2) is 0 Å². The summed E-state index contributed by atoms with van der Waals surface area (Å²) in [4.78, 5) is 11.1. The van der Waals surface area contributed by atoms with Gasteiger partial charge in [-0.1, -0.05) is 6.07 Å². The fourth-order valence-corrected chi connectivity index (χ4v) is 1.37. The van der Waals surface area contributed by atoms with Gasteiger partial charge in [0.1, 0.15) is 0 Å². The van der Waals surface area contributed by atoms with E-state index in [1.165, 1.54) is 18.5 Å². The minimum absolute atomic E-state index is 0.106. The SMILES string of the molecule is Cn1c(C2CC2)cccc1=O. The summed E-state index contributed by atoms with van der Waals surface area (Å²) in [6.07, 6.45) is 2.49. The molecule has 2 nitrogen and oxygen atoms in total. The Morgan fingerprint density at radius 2 is 2.18 bits per heavy atom. The maximum atomic E-state index is 11.1. The summed E-state index contributed by atoms with van der Waals surface area (Å²) in [7, 11) is 1.84. The first-order chi connectivity index (χ1) is 5.29. The molecule has 0 aromatic carbocycles. The van der Waals surface area contributed by atoms with Gasteiger partial charge in [0.2, 0.25) is 5.56 Å². The molecule has 0 spiro atoms. The molecule has 0 amide bonds. The van der Waals surface area contributed by atoms with E-state index in [1.807, 2.05) is 19.2 Å². The molecule has 1 aromatic heterocycles. The molecule has 11 heavy (non-hydrogen) atoms. The van der Waals surface area contributed by atoms with Crippen molar-refractivity contribution < 1.29 is 0 Å². The van der Waals surface area contributed by atoms with Gasteiger partial charge in [-0.3, -0.25) is 4.79 Å². The van der Waals surface area contributed by atoms with Gasteiger partial charge in [0.05, 0.1) is 0 Å². The zero-order chi connectivity index (χ0) is 7.84. The number of aromatic nitrogens is 1. The third kappa shape index (κ3) is 1.09. The quantitative estimate of drug-likeness (QED) is 0.589. The molecule has 1 heterocycles. The highest BCUT2D eigenvalue weighted by Crippen LogP contribution is 2.38. The van der Waals surface area contributed by atoms with Crippen LogP contribution < -0.4 is 5.56 Å². The lowest BCUT2D eigenvalue weighted by molar-refractivity contribution is 0.776. The van der Waals surface area contributed by atoms with Crippen LogP contribution in [0.25, 0.3) is 0 Å². The van der Waals surface area contributed by atoms with Crippen molar-refractivity contribution in [3.05, 3.63) is 34.2 Å². The van der Waals surface area contributed by atoms with E-state index < -0.39 is 0 Å². The fraction of sp³-hybridized carbons (Fsp3) is 0.444. The monoisotopic (exact) mass is 149 g/mol. The largest absolute Gasteiger partial charge is 0.315 e. The van der Waals surface area contributed by atoms with E-state index in [4.69, 9.17) is 0 Å². The van der Waals surface area contributed by atoms with Crippen LogP contribution >= 0.6 is 0 Å². The second-order valence-electron chi connectivity index (χ2n) is 3.12. The van der Waals surface area contributed by atoms with Crippen molar-refractivity contribution in [2.24, 2.45) is 7.05 Å². The lowest BCUT2D eigenvalue weighted by Crippen LogP contribution is -2.17. The standard InChI is InChI=1S/C9H11NO/c1-10-8(7-5-6-7)3-2-4-9(10)11/h2-4,7H,5-6H2,1H3. The molecule has 1 aliphatic rings. The molecule has 1 fully saturated rings. The Hall–Kier alpha value is -1.05. The molecule has 0 radical (unpaired) electrons. The summed E-state index contributed by atoms with van der Waals surface area (Å²) in [6.45, 7) is 0. The predicted molar refractivity (Wildman–Crippen MR) is 43.7 cm³/mol. The number of rotatable bonds is 1. The molecule has 0 atom stereocenters. The molecule has 0 bridgehead atoms. The van der Waals surface area contributed by atoms with Crippen molar-refractivity contribution >= 4 is 0 Å². The van der Waals surface area contributed by atoms with E-state index >= 15 is 0 Å². The Morgan fingerprint density at radius 1 is 1.45 bits per heavy atom. The van der Waals surface area contributed by atoms with Gasteiger partial charge >= 0.3 is 0 Å². The van der Waals surface area contributed by atoms with Crippen LogP contribution in [0.1, 0.15) is 24.5 Å². The molecule has 1 aliphatic carbocycles. The van der Waals surface area contributed by atoms with Gasteiger partial charge in [-0.2, -0.15) is 0 Å². The Morgan fingerprint density at radius 3 is 2.82 bits per heavy atom. The van der Waals surface area contributed by atoms with Crippen LogP contribution in [-0.4, -0.2) is 4.57 Å². The predicted octanol–water partition coefficient (Wildman–Crippen LogP) is 1.26. The number of nitrogens with zero attached hydrogens (tertiary/aromatic N) is 1. The van der Waals surface area contributed by atoms with Crippen LogP contribution in [0.15, 0.2) is 23.0 Å². The maximum absolute atomic E-state index is 11.1. The zero-order valence-electron chi connectivity index (χ0n) is 6.58. The van der Waals surface area contributed by atoms with Crippen molar-refractivity contribution in [2.75, 3.05) is 0 Å². The summed E-state index contributed by atoms with van der Waals surface area (Å²) in [6, 6.07) is 5.49. The number of pyridine rings is 1. The maximum Gasteiger partial charge on any atom is 0.250 e. The molecule has 0 N–H and O–H groups in total. The van der Waals surface area contributed by atoms with E-state index in [0.29, 0.717) is 5.92 Å². The van der Waals surface area contributed by atoms with Crippen LogP contribution in [0.2, 0.25) is 0 Å². The summed E-state index contributed by atoms with van der Waals surface area (Å²) >= 11 is 0. The summed E-state index contributed by atoms with van der Waals surface area (Å²) in [5.41, 5.74) is 1.30. The molecular formula is C9H11NO. The van der Waals surface area contributed by atoms with Crippen LogP contribution in [0.5, 0.6) is 0 Å². The van der Waals surface area contributed by atoms with Gasteiger partial charge in [-0.05, 0) is 24.8 Å². The summed E-state index contributed by atoms with van der Waals surface area (Å²) < 4.78 is 1.75. The molecule has 58 valence electrons. The highest BCUT2D eigenvalue weighted by molar-refractivity contribution is 5.16. The molecule has 0 unspecified atom stereocenters. The van der Waals surface area contributed by atoms with Gasteiger partial charge < -0.3 is 4.57 Å². The molecule has 2 heteroatoms. The topological polar surface area (TPSA) is 22.0 Å². The van der Waals surface area contributed by atoms with E-state index in [2.05, 4.69) is 0 Å². The lowest BCUT2D eigenvalue weighted by atomic mass is 10.2. The average Bonchev–Trinajstić information content (AvgIpc) is 2.77. The second-order valence-corrected chi connectivity index (χ2v) is 3.12. The van der Waals surface area contributed by atoms with Crippen molar-refractivity contribution in [3.8, 4) is 0 Å². The summed E-state index contributed by atoms with van der Waals surface area (Å²) in [5, 5.41) is 0. The minimum atomic E-state index is 0.106. The number of hydrogen-bond acceptors (Lipinski definition) is 1. The fourth-order valence-electron chi connectivity index (χ4n) is 1.37. The Bertz CT molecular complexity index is 323. The highest BCUT2D eigenvalue weighted by atomic mass is 16.1. The first-order valence-electron chi connectivity index (χ1n) is 3.95. The average molecular weight is 149 g/mol. The molecule has 2 rings (SSSR count). The van der Waals surface area contributed by atoms with Gasteiger partial charge in [0.25, 0.3) is 0 Å². The van der Waals surface area contributed by atoms with Crippen LogP contribution in [0.3, 0.4) is 0 Å². The lowest BCUT2D eigenvalue weighted by Gasteiger charge is -2.03. The van der Waals surface area contributed by atoms with E-state index in [0.717, 1.165) is 0 Å². The molecule has 1 aromatic rings. The Kier molecular flexibility index (Phi) is 1.34. The number of hydrogen-bond donors (Lipinski definition) is 0. The van der Waals surface area contributed by atoms with E-state index in [1.54, 1.807) is 10.6 Å². The van der Waals surface area contributed by atoms with Gasteiger partial charge in [-0.15, -0.1) is 0 Å². The van der Waals surface area contributed by atoms with Crippen LogP contribution in [0.4, 0.5) is 0 Å². The minimum Gasteiger partial charge on any atom is -0.315 e.